The van der Waals surface area contributed by atoms with Gasteiger partial charge in [0.25, 0.3) is 5.91 Å². The van der Waals surface area contributed by atoms with E-state index < -0.39 is 11.9 Å². The number of anilines is 1. The summed E-state index contributed by atoms with van der Waals surface area (Å²) in [6.45, 7) is 1.80. The van der Waals surface area contributed by atoms with E-state index in [0.717, 1.165) is 16.9 Å². The van der Waals surface area contributed by atoms with Crippen LogP contribution in [-0.4, -0.2) is 18.5 Å². The van der Waals surface area contributed by atoms with Crippen LogP contribution >= 0.6 is 11.6 Å². The summed E-state index contributed by atoms with van der Waals surface area (Å²) >= 11 is 6.03. The van der Waals surface area contributed by atoms with Crippen LogP contribution in [0.1, 0.15) is 21.5 Å². The zero-order valence-corrected chi connectivity index (χ0v) is 16.6. The van der Waals surface area contributed by atoms with Gasteiger partial charge >= 0.3 is 5.97 Å². The lowest BCUT2D eigenvalue weighted by Gasteiger charge is -2.10. The number of carbonyl (C=O) groups is 2. The van der Waals surface area contributed by atoms with Gasteiger partial charge in [-0.15, -0.1) is 0 Å². The molecule has 0 saturated heterocycles. The Bertz CT molecular complexity index is 988. The first-order valence-corrected chi connectivity index (χ1v) is 9.39. The Kier molecular flexibility index (Phi) is 6.87. The minimum Gasteiger partial charge on any atom is -0.489 e. The molecule has 0 saturated carbocycles. The van der Waals surface area contributed by atoms with Gasteiger partial charge < -0.3 is 14.8 Å². The van der Waals surface area contributed by atoms with Gasteiger partial charge in [0.15, 0.2) is 6.61 Å². The van der Waals surface area contributed by atoms with Crippen molar-refractivity contribution in [1.82, 2.24) is 0 Å². The van der Waals surface area contributed by atoms with Gasteiger partial charge in [0, 0.05) is 10.7 Å². The Morgan fingerprint density at radius 3 is 2.38 bits per heavy atom. The van der Waals surface area contributed by atoms with E-state index >= 15 is 0 Å². The number of halogens is 1. The molecule has 0 bridgehead atoms. The molecule has 0 aliphatic carbocycles. The van der Waals surface area contributed by atoms with Gasteiger partial charge in [0.1, 0.15) is 12.4 Å². The number of carbonyl (C=O) groups excluding carboxylic acids is 2. The smallest absolute Gasteiger partial charge is 0.338 e. The molecule has 0 unspecified atom stereocenters. The van der Waals surface area contributed by atoms with E-state index in [1.54, 1.807) is 49.4 Å². The first-order chi connectivity index (χ1) is 14.0. The standard InChI is InChI=1S/C23H20ClNO4/c1-16-20(24)8-5-9-21(16)25-22(26)15-29-23(27)18-12-10-17(11-13-18)14-28-19-6-3-2-4-7-19/h2-13H,14-15H2,1H3,(H,25,26). The molecule has 0 fully saturated rings. The fraction of sp³-hybridized carbons (Fsp3) is 0.130. The van der Waals surface area contributed by atoms with Crippen molar-refractivity contribution in [3.63, 3.8) is 0 Å². The van der Waals surface area contributed by atoms with Crippen LogP contribution in [0.4, 0.5) is 5.69 Å². The Balaban J connectivity index is 1.49. The summed E-state index contributed by atoms with van der Waals surface area (Å²) in [6, 6.07) is 21.5. The molecule has 3 rings (SSSR count). The summed E-state index contributed by atoms with van der Waals surface area (Å²) in [4.78, 5) is 24.2. The molecule has 0 atom stereocenters. The number of hydrogen-bond acceptors (Lipinski definition) is 4. The minimum absolute atomic E-state index is 0.361. The highest BCUT2D eigenvalue weighted by atomic mass is 35.5. The predicted octanol–water partition coefficient (Wildman–Crippen LogP) is 5.02. The highest BCUT2D eigenvalue weighted by Gasteiger charge is 2.12. The number of ether oxygens (including phenoxy) is 2. The second-order valence-corrected chi connectivity index (χ2v) is 6.74. The van der Waals surface area contributed by atoms with Crippen LogP contribution in [-0.2, 0) is 16.1 Å². The molecule has 6 heteroatoms. The third-order valence-electron chi connectivity index (χ3n) is 4.21. The molecule has 1 amide bonds. The molecule has 5 nitrogen and oxygen atoms in total. The number of benzene rings is 3. The molecular formula is C23H20ClNO4. The molecule has 0 radical (unpaired) electrons. The van der Waals surface area contributed by atoms with Gasteiger partial charge in [0.05, 0.1) is 5.56 Å². The van der Waals surface area contributed by atoms with Gasteiger partial charge in [0.2, 0.25) is 0 Å². The van der Waals surface area contributed by atoms with Crippen LogP contribution in [0, 0.1) is 6.92 Å². The average molecular weight is 410 g/mol. The monoisotopic (exact) mass is 409 g/mol. The van der Waals surface area contributed by atoms with Crippen molar-refractivity contribution < 1.29 is 19.1 Å². The van der Waals surface area contributed by atoms with E-state index in [4.69, 9.17) is 21.1 Å². The van der Waals surface area contributed by atoms with Gasteiger partial charge in [-0.2, -0.15) is 0 Å². The molecule has 0 aliphatic heterocycles. The molecule has 148 valence electrons. The van der Waals surface area contributed by atoms with Crippen LogP contribution in [0.5, 0.6) is 5.75 Å². The Hall–Kier alpha value is -3.31. The second kappa shape index (κ2) is 9.75. The second-order valence-electron chi connectivity index (χ2n) is 6.34. The van der Waals surface area contributed by atoms with E-state index in [1.807, 2.05) is 30.3 Å². The van der Waals surface area contributed by atoms with Crippen molar-refractivity contribution in [3.05, 3.63) is 94.5 Å². The van der Waals surface area contributed by atoms with E-state index in [0.29, 0.717) is 22.9 Å². The number of para-hydroxylation sites is 1. The quantitative estimate of drug-likeness (QED) is 0.556. The maximum Gasteiger partial charge on any atom is 0.338 e. The molecule has 3 aromatic carbocycles. The molecule has 0 aliphatic rings. The maximum absolute atomic E-state index is 12.2. The summed E-state index contributed by atoms with van der Waals surface area (Å²) < 4.78 is 10.8. The average Bonchev–Trinajstić information content (AvgIpc) is 2.75. The van der Waals surface area contributed by atoms with Gasteiger partial charge in [-0.3, -0.25) is 4.79 Å². The van der Waals surface area contributed by atoms with Crippen molar-refractivity contribution in [2.75, 3.05) is 11.9 Å². The lowest BCUT2D eigenvalue weighted by atomic mass is 10.1. The van der Waals surface area contributed by atoms with Crippen molar-refractivity contribution in [2.45, 2.75) is 13.5 Å². The third kappa shape index (κ3) is 5.83. The summed E-state index contributed by atoms with van der Waals surface area (Å²) in [6.07, 6.45) is 0. The van der Waals surface area contributed by atoms with Crippen LogP contribution < -0.4 is 10.1 Å². The van der Waals surface area contributed by atoms with Crippen LogP contribution in [0.3, 0.4) is 0 Å². The minimum atomic E-state index is -0.571. The van der Waals surface area contributed by atoms with E-state index in [-0.39, 0.29) is 6.61 Å². The van der Waals surface area contributed by atoms with Crippen LogP contribution in [0.25, 0.3) is 0 Å². The number of nitrogens with one attached hydrogen (secondary N) is 1. The fourth-order valence-corrected chi connectivity index (χ4v) is 2.74. The van der Waals surface area contributed by atoms with Crippen LogP contribution in [0.15, 0.2) is 72.8 Å². The number of rotatable bonds is 7. The van der Waals surface area contributed by atoms with Gasteiger partial charge in [-0.05, 0) is 54.4 Å². The molecule has 1 N–H and O–H groups in total. The predicted molar refractivity (Wildman–Crippen MR) is 112 cm³/mol. The lowest BCUT2D eigenvalue weighted by Crippen LogP contribution is -2.21. The van der Waals surface area contributed by atoms with E-state index in [2.05, 4.69) is 5.32 Å². The lowest BCUT2D eigenvalue weighted by molar-refractivity contribution is -0.119. The van der Waals surface area contributed by atoms with Crippen molar-refractivity contribution in [1.29, 1.82) is 0 Å². The Morgan fingerprint density at radius 1 is 0.931 bits per heavy atom. The molecule has 0 heterocycles. The zero-order valence-electron chi connectivity index (χ0n) is 15.9. The molecule has 29 heavy (non-hydrogen) atoms. The number of esters is 1. The summed E-state index contributed by atoms with van der Waals surface area (Å²) in [5.74, 6) is -0.230. The van der Waals surface area contributed by atoms with Crippen molar-refractivity contribution in [2.24, 2.45) is 0 Å². The largest absolute Gasteiger partial charge is 0.489 e. The number of amides is 1. The van der Waals surface area contributed by atoms with Crippen molar-refractivity contribution in [3.8, 4) is 5.75 Å². The number of hydrogen-bond donors (Lipinski definition) is 1. The van der Waals surface area contributed by atoms with E-state index in [9.17, 15) is 9.59 Å². The molecule has 0 spiro atoms. The topological polar surface area (TPSA) is 64.6 Å². The Morgan fingerprint density at radius 2 is 1.66 bits per heavy atom. The third-order valence-corrected chi connectivity index (χ3v) is 4.62. The zero-order chi connectivity index (χ0) is 20.6. The summed E-state index contributed by atoms with van der Waals surface area (Å²) in [7, 11) is 0. The highest BCUT2D eigenvalue weighted by molar-refractivity contribution is 6.31. The van der Waals surface area contributed by atoms with Gasteiger partial charge in [-0.1, -0.05) is 48.0 Å². The fourth-order valence-electron chi connectivity index (χ4n) is 2.56. The van der Waals surface area contributed by atoms with Crippen molar-refractivity contribution >= 4 is 29.2 Å². The summed E-state index contributed by atoms with van der Waals surface area (Å²) in [5.41, 5.74) is 2.61. The molecule has 3 aromatic rings. The van der Waals surface area contributed by atoms with Crippen LogP contribution in [0.2, 0.25) is 5.02 Å². The molecular weight excluding hydrogens is 390 g/mol. The first-order valence-electron chi connectivity index (χ1n) is 9.02. The van der Waals surface area contributed by atoms with E-state index in [1.165, 1.54) is 0 Å². The summed E-state index contributed by atoms with van der Waals surface area (Å²) in [5, 5.41) is 3.23. The maximum atomic E-state index is 12.2. The SMILES string of the molecule is Cc1c(Cl)cccc1NC(=O)COC(=O)c1ccc(COc2ccccc2)cc1. The first kappa shape index (κ1) is 20.4. The normalized spacial score (nSPS) is 10.3. The highest BCUT2D eigenvalue weighted by Crippen LogP contribution is 2.22. The Labute approximate surface area is 174 Å². The van der Waals surface area contributed by atoms with Gasteiger partial charge in [-0.25, -0.2) is 4.79 Å². The molecule has 0 aromatic heterocycles.